The number of hydrogen-bond acceptors (Lipinski definition) is 5. The highest BCUT2D eigenvalue weighted by atomic mass is 16.7. The van der Waals surface area contributed by atoms with E-state index >= 15 is 0 Å². The van der Waals surface area contributed by atoms with Crippen LogP contribution in [0, 0.1) is 0 Å². The summed E-state index contributed by atoms with van der Waals surface area (Å²) < 4.78 is 15.7. The molecule has 3 N–H and O–H groups in total. The number of ether oxygens (including phenoxy) is 3. The monoisotopic (exact) mass is 253 g/mol. The molecular weight excluding hydrogens is 238 g/mol. The van der Waals surface area contributed by atoms with E-state index < -0.39 is 12.0 Å². The third kappa shape index (κ3) is 2.39. The Balaban J connectivity index is 2.40. The highest BCUT2D eigenvalue weighted by molar-refractivity contribution is 5.69. The first-order valence-electron chi connectivity index (χ1n) is 5.51. The minimum absolute atomic E-state index is 0.124. The van der Waals surface area contributed by atoms with Crippen LogP contribution in [0.5, 0.6) is 11.5 Å². The molecule has 1 aromatic carbocycles. The Morgan fingerprint density at radius 3 is 3.00 bits per heavy atom. The molecule has 2 rings (SSSR count). The number of fused-ring (bicyclic) bond motifs is 1. The Kier molecular flexibility index (Phi) is 3.69. The third-order valence-corrected chi connectivity index (χ3v) is 2.73. The van der Waals surface area contributed by atoms with Crippen LogP contribution >= 0.6 is 0 Å². The van der Waals surface area contributed by atoms with Crippen molar-refractivity contribution in [3.63, 3.8) is 0 Å². The lowest BCUT2D eigenvalue weighted by atomic mass is 9.97. The summed E-state index contributed by atoms with van der Waals surface area (Å²) in [6, 6.07) is 2.94. The molecule has 6 nitrogen and oxygen atoms in total. The Bertz CT molecular complexity index is 460. The number of hydrogen-bond donors (Lipinski definition) is 2. The molecule has 6 heteroatoms. The van der Waals surface area contributed by atoms with Gasteiger partial charge in [0.1, 0.15) is 0 Å². The normalized spacial score (nSPS) is 14.6. The van der Waals surface area contributed by atoms with Gasteiger partial charge in [-0.3, -0.25) is 4.79 Å². The van der Waals surface area contributed by atoms with Crippen LogP contribution in [0.15, 0.2) is 12.1 Å². The molecule has 1 heterocycles. The maximum atomic E-state index is 10.8. The molecule has 0 amide bonds. The molecule has 1 aliphatic heterocycles. The average Bonchev–Trinajstić information content (AvgIpc) is 2.75. The Labute approximate surface area is 104 Å². The molecule has 0 aliphatic carbocycles. The maximum Gasteiger partial charge on any atom is 0.305 e. The Morgan fingerprint density at radius 2 is 2.33 bits per heavy atom. The van der Waals surface area contributed by atoms with Crippen molar-refractivity contribution in [3.05, 3.63) is 23.3 Å². The van der Waals surface area contributed by atoms with Gasteiger partial charge in [0.25, 0.3) is 0 Å². The number of aliphatic carboxylic acids is 1. The molecule has 1 aliphatic rings. The molecule has 0 fully saturated rings. The van der Waals surface area contributed by atoms with Crippen molar-refractivity contribution >= 4 is 5.97 Å². The van der Waals surface area contributed by atoms with E-state index in [1.807, 2.05) is 6.07 Å². The number of methoxy groups -OCH3 is 1. The third-order valence-electron chi connectivity index (χ3n) is 2.73. The Hall–Kier alpha value is -1.79. The van der Waals surface area contributed by atoms with Crippen LogP contribution in [0.4, 0.5) is 0 Å². The number of nitrogens with two attached hydrogens (primary N) is 1. The molecular formula is C12H15NO5. The molecule has 0 saturated carbocycles. The van der Waals surface area contributed by atoms with E-state index in [9.17, 15) is 4.79 Å². The van der Waals surface area contributed by atoms with Crippen LogP contribution in [0.2, 0.25) is 0 Å². The molecule has 18 heavy (non-hydrogen) atoms. The first-order chi connectivity index (χ1) is 8.63. The van der Waals surface area contributed by atoms with Crippen molar-refractivity contribution < 1.29 is 24.1 Å². The smallest absolute Gasteiger partial charge is 0.305 e. The zero-order chi connectivity index (χ0) is 13.1. The van der Waals surface area contributed by atoms with Gasteiger partial charge in [-0.2, -0.15) is 0 Å². The second-order valence-corrected chi connectivity index (χ2v) is 4.01. The highest BCUT2D eigenvalue weighted by Gasteiger charge is 2.26. The van der Waals surface area contributed by atoms with E-state index in [4.69, 9.17) is 25.1 Å². The van der Waals surface area contributed by atoms with Crippen LogP contribution in [0.25, 0.3) is 0 Å². The molecule has 1 unspecified atom stereocenters. The van der Waals surface area contributed by atoms with E-state index in [1.165, 1.54) is 0 Å². The van der Waals surface area contributed by atoms with Gasteiger partial charge in [-0.15, -0.1) is 0 Å². The van der Waals surface area contributed by atoms with Gasteiger partial charge in [-0.25, -0.2) is 0 Å². The summed E-state index contributed by atoms with van der Waals surface area (Å²) in [7, 11) is 1.57. The van der Waals surface area contributed by atoms with Crippen molar-refractivity contribution in [2.24, 2.45) is 5.73 Å². The second-order valence-electron chi connectivity index (χ2n) is 4.01. The molecule has 98 valence electrons. The molecule has 0 saturated heterocycles. The number of carbonyl (C=O) groups is 1. The minimum atomic E-state index is -0.956. The second kappa shape index (κ2) is 5.24. The molecule has 0 radical (unpaired) electrons. The summed E-state index contributed by atoms with van der Waals surface area (Å²) in [5, 5.41) is 8.83. The van der Waals surface area contributed by atoms with Gasteiger partial charge in [0.2, 0.25) is 6.79 Å². The predicted molar refractivity (Wildman–Crippen MR) is 62.5 cm³/mol. The van der Waals surface area contributed by atoms with Crippen molar-refractivity contribution in [2.45, 2.75) is 19.1 Å². The summed E-state index contributed by atoms with van der Waals surface area (Å²) in [6.45, 7) is 0.470. The first kappa shape index (κ1) is 12.7. The standard InChI is InChI=1S/C12H15NO5/c1-16-5-7-2-3-9-12(18-6-17-9)11(7)8(13)4-10(14)15/h2-3,8H,4-6,13H2,1H3,(H,14,15). The number of carboxylic acid groups (broad SMARTS) is 1. The minimum Gasteiger partial charge on any atom is -0.481 e. The summed E-state index contributed by atoms with van der Waals surface area (Å²) >= 11 is 0. The summed E-state index contributed by atoms with van der Waals surface area (Å²) in [4.78, 5) is 10.8. The van der Waals surface area contributed by atoms with Crippen molar-refractivity contribution in [2.75, 3.05) is 13.9 Å². The molecule has 0 bridgehead atoms. The molecule has 1 aromatic rings. The van der Waals surface area contributed by atoms with Crippen LogP contribution in [0.3, 0.4) is 0 Å². The zero-order valence-corrected chi connectivity index (χ0v) is 10.0. The quantitative estimate of drug-likeness (QED) is 0.814. The van der Waals surface area contributed by atoms with Gasteiger partial charge >= 0.3 is 5.97 Å². The largest absolute Gasteiger partial charge is 0.481 e. The topological polar surface area (TPSA) is 91.0 Å². The van der Waals surface area contributed by atoms with E-state index in [0.29, 0.717) is 23.7 Å². The van der Waals surface area contributed by atoms with Crippen LogP contribution < -0.4 is 15.2 Å². The lowest BCUT2D eigenvalue weighted by Crippen LogP contribution is -2.17. The average molecular weight is 253 g/mol. The Morgan fingerprint density at radius 1 is 1.56 bits per heavy atom. The SMILES string of the molecule is COCc1ccc2c(c1C(N)CC(=O)O)OCO2. The van der Waals surface area contributed by atoms with Gasteiger partial charge in [0, 0.05) is 18.7 Å². The summed E-state index contributed by atoms with van der Waals surface area (Å²) in [5.41, 5.74) is 7.39. The molecule has 0 aromatic heterocycles. The van der Waals surface area contributed by atoms with Crippen molar-refractivity contribution in [1.29, 1.82) is 0 Å². The first-order valence-corrected chi connectivity index (χ1v) is 5.51. The van der Waals surface area contributed by atoms with E-state index in [-0.39, 0.29) is 13.2 Å². The number of carboxylic acids is 1. The lowest BCUT2D eigenvalue weighted by Gasteiger charge is -2.16. The molecule has 0 spiro atoms. The van der Waals surface area contributed by atoms with Crippen molar-refractivity contribution in [3.8, 4) is 11.5 Å². The van der Waals surface area contributed by atoms with E-state index in [0.717, 1.165) is 5.56 Å². The highest BCUT2D eigenvalue weighted by Crippen LogP contribution is 2.41. The van der Waals surface area contributed by atoms with Gasteiger partial charge in [-0.1, -0.05) is 6.07 Å². The van der Waals surface area contributed by atoms with Crippen molar-refractivity contribution in [1.82, 2.24) is 0 Å². The van der Waals surface area contributed by atoms with Gasteiger partial charge < -0.3 is 25.1 Å². The maximum absolute atomic E-state index is 10.8. The lowest BCUT2D eigenvalue weighted by molar-refractivity contribution is -0.137. The predicted octanol–water partition coefficient (Wildman–Crippen LogP) is 1.04. The fourth-order valence-electron chi connectivity index (χ4n) is 2.01. The fraction of sp³-hybridized carbons (Fsp3) is 0.417. The van der Waals surface area contributed by atoms with Gasteiger partial charge in [0.15, 0.2) is 11.5 Å². The summed E-state index contributed by atoms with van der Waals surface area (Å²) in [5.74, 6) is 0.159. The zero-order valence-electron chi connectivity index (χ0n) is 10.0. The molecule has 1 atom stereocenters. The van der Waals surface area contributed by atoms with Gasteiger partial charge in [-0.05, 0) is 11.6 Å². The summed E-state index contributed by atoms with van der Waals surface area (Å²) in [6.07, 6.45) is -0.170. The van der Waals surface area contributed by atoms with E-state index in [2.05, 4.69) is 0 Å². The van der Waals surface area contributed by atoms with Gasteiger partial charge in [0.05, 0.1) is 13.0 Å². The van der Waals surface area contributed by atoms with Crippen LogP contribution in [-0.4, -0.2) is 25.0 Å². The van der Waals surface area contributed by atoms with Crippen LogP contribution in [0.1, 0.15) is 23.6 Å². The van der Waals surface area contributed by atoms with Crippen LogP contribution in [-0.2, 0) is 16.1 Å². The number of benzene rings is 1. The fourth-order valence-corrected chi connectivity index (χ4v) is 2.01. The number of rotatable bonds is 5. The van der Waals surface area contributed by atoms with E-state index in [1.54, 1.807) is 13.2 Å².